The Morgan fingerprint density at radius 1 is 1.21 bits per heavy atom. The summed E-state index contributed by atoms with van der Waals surface area (Å²) in [6.07, 6.45) is -3.42. The molecule has 1 atom stereocenters. The van der Waals surface area contributed by atoms with Crippen molar-refractivity contribution >= 4 is 17.8 Å². The minimum absolute atomic E-state index is 0.238. The van der Waals surface area contributed by atoms with E-state index in [1.54, 1.807) is 37.3 Å². The van der Waals surface area contributed by atoms with Gasteiger partial charge in [-0.05, 0) is 18.1 Å². The van der Waals surface area contributed by atoms with Crippen LogP contribution in [0.3, 0.4) is 0 Å². The maximum Gasteiger partial charge on any atom is 0.435 e. The molecule has 28 heavy (non-hydrogen) atoms. The number of carbonyl (C=O) groups is 3. The number of imide groups is 1. The van der Waals surface area contributed by atoms with E-state index in [-0.39, 0.29) is 6.42 Å². The lowest BCUT2D eigenvalue weighted by molar-refractivity contribution is -0.142. The van der Waals surface area contributed by atoms with Crippen LogP contribution in [0, 0.1) is 0 Å². The molecule has 11 heteroatoms. The van der Waals surface area contributed by atoms with Gasteiger partial charge in [0.25, 0.3) is 11.8 Å². The van der Waals surface area contributed by atoms with Gasteiger partial charge in [0.2, 0.25) is 0 Å². The number of nitrogens with zero attached hydrogens (tertiary/aromatic N) is 3. The van der Waals surface area contributed by atoms with Gasteiger partial charge in [-0.1, -0.05) is 37.3 Å². The number of carbonyl (C=O) groups excluding carboxylic acids is 3. The van der Waals surface area contributed by atoms with Gasteiger partial charge in [0.1, 0.15) is 12.1 Å². The standard InChI is InChI=1S/C17H16F3N5O3/c1-2-16(11-6-4-3-5-7-11)14(27)25(15(28)21-16)23-13(26)10-24-9-8-12(22-24)17(18,19)20/h3-9H,2,10H2,1H3,(H,21,28)(H,23,26)/t16-/m0/s1. The number of hydrazine groups is 1. The molecule has 2 heterocycles. The predicted molar refractivity (Wildman–Crippen MR) is 89.2 cm³/mol. The van der Waals surface area contributed by atoms with Crippen molar-refractivity contribution in [3.63, 3.8) is 0 Å². The summed E-state index contributed by atoms with van der Waals surface area (Å²) in [7, 11) is 0. The lowest BCUT2D eigenvalue weighted by Crippen LogP contribution is -2.49. The van der Waals surface area contributed by atoms with Gasteiger partial charge in [-0.15, -0.1) is 0 Å². The Balaban J connectivity index is 1.74. The van der Waals surface area contributed by atoms with E-state index in [4.69, 9.17) is 0 Å². The zero-order valence-electron chi connectivity index (χ0n) is 14.7. The Labute approximate surface area is 157 Å². The van der Waals surface area contributed by atoms with E-state index in [1.165, 1.54) is 0 Å². The fourth-order valence-corrected chi connectivity index (χ4v) is 2.95. The number of hydrogen-bond acceptors (Lipinski definition) is 4. The molecule has 0 unspecified atom stereocenters. The van der Waals surface area contributed by atoms with Gasteiger partial charge in [0.15, 0.2) is 5.69 Å². The number of rotatable bonds is 5. The fourth-order valence-electron chi connectivity index (χ4n) is 2.95. The number of aromatic nitrogens is 2. The number of benzene rings is 1. The van der Waals surface area contributed by atoms with Gasteiger partial charge in [-0.2, -0.15) is 23.3 Å². The molecule has 3 rings (SSSR count). The monoisotopic (exact) mass is 395 g/mol. The van der Waals surface area contributed by atoms with Crippen LogP contribution in [0.2, 0.25) is 0 Å². The average molecular weight is 395 g/mol. The van der Waals surface area contributed by atoms with Gasteiger partial charge < -0.3 is 5.32 Å². The summed E-state index contributed by atoms with van der Waals surface area (Å²) in [5, 5.41) is 6.37. The Bertz CT molecular complexity index is 912. The highest BCUT2D eigenvalue weighted by Gasteiger charge is 2.52. The van der Waals surface area contributed by atoms with Gasteiger partial charge in [0, 0.05) is 6.20 Å². The van der Waals surface area contributed by atoms with E-state index >= 15 is 0 Å². The highest BCUT2D eigenvalue weighted by atomic mass is 19.4. The first-order chi connectivity index (χ1) is 13.2. The van der Waals surface area contributed by atoms with Crippen molar-refractivity contribution in [2.75, 3.05) is 0 Å². The first-order valence-electron chi connectivity index (χ1n) is 8.30. The van der Waals surface area contributed by atoms with Crippen LogP contribution in [0.4, 0.5) is 18.0 Å². The van der Waals surface area contributed by atoms with Gasteiger partial charge >= 0.3 is 12.2 Å². The van der Waals surface area contributed by atoms with Crippen LogP contribution in [0.25, 0.3) is 0 Å². The number of urea groups is 1. The van der Waals surface area contributed by atoms with E-state index in [0.29, 0.717) is 10.6 Å². The molecule has 1 fully saturated rings. The van der Waals surface area contributed by atoms with Gasteiger partial charge in [-0.3, -0.25) is 19.7 Å². The molecule has 4 amide bonds. The summed E-state index contributed by atoms with van der Waals surface area (Å²) in [5.41, 5.74) is 0.194. The van der Waals surface area contributed by atoms with Crippen molar-refractivity contribution in [3.05, 3.63) is 53.9 Å². The molecule has 1 aliphatic rings. The topological polar surface area (TPSA) is 96.3 Å². The number of alkyl halides is 3. The molecular formula is C17H16F3N5O3. The molecule has 0 aliphatic carbocycles. The second-order valence-corrected chi connectivity index (χ2v) is 6.13. The van der Waals surface area contributed by atoms with Crippen molar-refractivity contribution in [2.24, 2.45) is 0 Å². The molecule has 1 aliphatic heterocycles. The molecule has 0 spiro atoms. The number of hydrogen-bond donors (Lipinski definition) is 2. The second-order valence-electron chi connectivity index (χ2n) is 6.13. The minimum atomic E-state index is -4.64. The summed E-state index contributed by atoms with van der Waals surface area (Å²) in [4.78, 5) is 37.2. The maximum atomic E-state index is 12.8. The minimum Gasteiger partial charge on any atom is -0.318 e. The average Bonchev–Trinajstić information content (AvgIpc) is 3.21. The summed E-state index contributed by atoms with van der Waals surface area (Å²) in [6.45, 7) is 1.11. The van der Waals surface area contributed by atoms with Crippen LogP contribution in [-0.2, 0) is 27.8 Å². The van der Waals surface area contributed by atoms with E-state index in [1.807, 2.05) is 0 Å². The lowest BCUT2D eigenvalue weighted by atomic mass is 9.87. The van der Waals surface area contributed by atoms with Crippen LogP contribution in [0.5, 0.6) is 0 Å². The van der Waals surface area contributed by atoms with Crippen molar-refractivity contribution in [1.82, 2.24) is 25.5 Å². The molecule has 2 aromatic rings. The highest BCUT2D eigenvalue weighted by molar-refractivity contribution is 6.08. The molecule has 1 aromatic carbocycles. The number of nitrogens with one attached hydrogen (secondary N) is 2. The van der Waals surface area contributed by atoms with E-state index in [2.05, 4.69) is 15.8 Å². The SMILES string of the molecule is CC[C@@]1(c2ccccc2)NC(=O)N(NC(=O)Cn2ccc(C(F)(F)F)n2)C1=O. The molecule has 1 saturated heterocycles. The normalized spacial score (nSPS) is 19.6. The van der Waals surface area contributed by atoms with E-state index in [9.17, 15) is 27.6 Å². The highest BCUT2D eigenvalue weighted by Crippen LogP contribution is 2.31. The van der Waals surface area contributed by atoms with Crippen LogP contribution in [-0.4, -0.2) is 32.6 Å². The smallest absolute Gasteiger partial charge is 0.318 e. The molecule has 0 saturated carbocycles. The van der Waals surface area contributed by atoms with Crippen LogP contribution in [0.15, 0.2) is 42.6 Å². The predicted octanol–water partition coefficient (Wildman–Crippen LogP) is 1.79. The first-order valence-corrected chi connectivity index (χ1v) is 8.30. The third kappa shape index (κ3) is 3.42. The summed E-state index contributed by atoms with van der Waals surface area (Å²) in [5.74, 6) is -1.56. The Morgan fingerprint density at radius 2 is 1.89 bits per heavy atom. The summed E-state index contributed by atoms with van der Waals surface area (Å²) in [6, 6.07) is 8.42. The molecular weight excluding hydrogens is 379 g/mol. The molecule has 1 aromatic heterocycles. The zero-order valence-corrected chi connectivity index (χ0v) is 14.7. The van der Waals surface area contributed by atoms with Crippen LogP contribution >= 0.6 is 0 Å². The Kier molecular flexibility index (Phi) is 4.84. The van der Waals surface area contributed by atoms with Crippen molar-refractivity contribution in [2.45, 2.75) is 31.6 Å². The molecule has 8 nitrogen and oxygen atoms in total. The van der Waals surface area contributed by atoms with Crippen molar-refractivity contribution in [3.8, 4) is 0 Å². The van der Waals surface area contributed by atoms with Crippen molar-refractivity contribution in [1.29, 1.82) is 0 Å². The summed E-state index contributed by atoms with van der Waals surface area (Å²) < 4.78 is 38.5. The third-order valence-electron chi connectivity index (χ3n) is 4.36. The number of halogens is 3. The molecule has 0 radical (unpaired) electrons. The van der Waals surface area contributed by atoms with Crippen molar-refractivity contribution < 1.29 is 27.6 Å². The zero-order chi connectivity index (χ0) is 20.5. The summed E-state index contributed by atoms with van der Waals surface area (Å²) >= 11 is 0. The molecule has 2 N–H and O–H groups in total. The molecule has 148 valence electrons. The first kappa shape index (κ1) is 19.4. The van der Waals surface area contributed by atoms with Gasteiger partial charge in [0.05, 0.1) is 0 Å². The van der Waals surface area contributed by atoms with Crippen LogP contribution in [0.1, 0.15) is 24.6 Å². The fraction of sp³-hybridized carbons (Fsp3) is 0.294. The maximum absolute atomic E-state index is 12.8. The quantitative estimate of drug-likeness (QED) is 0.755. The van der Waals surface area contributed by atoms with Crippen LogP contribution < -0.4 is 10.7 Å². The van der Waals surface area contributed by atoms with E-state index < -0.39 is 41.8 Å². The Morgan fingerprint density at radius 3 is 2.46 bits per heavy atom. The molecule has 0 bridgehead atoms. The second kappa shape index (κ2) is 6.98. The Hall–Kier alpha value is -3.37. The third-order valence-corrected chi connectivity index (χ3v) is 4.36. The van der Waals surface area contributed by atoms with E-state index in [0.717, 1.165) is 16.9 Å². The van der Waals surface area contributed by atoms with Gasteiger partial charge in [-0.25, -0.2) is 4.79 Å². The largest absolute Gasteiger partial charge is 0.435 e. The number of amides is 4. The lowest BCUT2D eigenvalue weighted by Gasteiger charge is -2.25.